The monoisotopic (exact) mass is 441 g/mol. The Morgan fingerprint density at radius 1 is 1.03 bits per heavy atom. The van der Waals surface area contributed by atoms with Crippen LogP contribution in [0.3, 0.4) is 0 Å². The van der Waals surface area contributed by atoms with Crippen LogP contribution in [0.4, 0.5) is 4.39 Å². The molecule has 8 nitrogen and oxygen atoms in total. The number of alkyl halides is 1. The molecule has 3 aromatic heterocycles. The topological polar surface area (TPSA) is 88.7 Å². The first kappa shape index (κ1) is 20.7. The van der Waals surface area contributed by atoms with E-state index in [9.17, 15) is 0 Å². The molecule has 0 amide bonds. The fourth-order valence-corrected chi connectivity index (χ4v) is 3.74. The van der Waals surface area contributed by atoms with Crippen molar-refractivity contribution in [3.05, 3.63) is 48.3 Å². The average molecular weight is 441 g/mol. The van der Waals surface area contributed by atoms with Crippen LogP contribution in [0.15, 0.2) is 47.2 Å². The molecule has 0 aliphatic heterocycles. The minimum Gasteiger partial charge on any atom is -0.474 e. The standard InChI is InChI=1S/C23H24FN3O5/c1-28-14-29-22-10-19(32-27-22)15-5-6-20(26-13-15)31-18-11-23(24,12-18)16-7-8-25-21(9-16)30-17-3-2-4-17/h5-10,13,17-18H,2-4,11-12,14H2,1H3. The van der Waals surface area contributed by atoms with Crippen molar-refractivity contribution in [2.45, 2.75) is 50.0 Å². The number of hydrogen-bond donors (Lipinski definition) is 0. The Morgan fingerprint density at radius 2 is 1.88 bits per heavy atom. The van der Waals surface area contributed by atoms with E-state index in [4.69, 9.17) is 23.5 Å². The van der Waals surface area contributed by atoms with Crippen LogP contribution in [0.1, 0.15) is 37.7 Å². The Morgan fingerprint density at radius 3 is 2.59 bits per heavy atom. The summed E-state index contributed by atoms with van der Waals surface area (Å²) in [5, 5.41) is 3.81. The van der Waals surface area contributed by atoms with Gasteiger partial charge in [0.15, 0.2) is 12.6 Å². The largest absolute Gasteiger partial charge is 0.474 e. The van der Waals surface area contributed by atoms with Gasteiger partial charge in [0.1, 0.15) is 17.9 Å². The summed E-state index contributed by atoms with van der Waals surface area (Å²) in [4.78, 5) is 8.52. The molecule has 0 spiro atoms. The molecule has 3 aromatic rings. The normalized spacial score (nSPS) is 22.6. The van der Waals surface area contributed by atoms with E-state index in [-0.39, 0.29) is 31.8 Å². The maximum atomic E-state index is 15.4. The predicted molar refractivity (Wildman–Crippen MR) is 111 cm³/mol. The first-order valence-corrected chi connectivity index (χ1v) is 10.6. The van der Waals surface area contributed by atoms with Crippen molar-refractivity contribution in [2.75, 3.05) is 13.9 Å². The van der Waals surface area contributed by atoms with E-state index in [1.165, 1.54) is 13.5 Å². The Bertz CT molecular complexity index is 1050. The van der Waals surface area contributed by atoms with Crippen LogP contribution in [-0.4, -0.2) is 41.2 Å². The lowest BCUT2D eigenvalue weighted by Crippen LogP contribution is -2.44. The van der Waals surface area contributed by atoms with Crippen LogP contribution in [-0.2, 0) is 10.4 Å². The molecule has 0 saturated heterocycles. The molecule has 3 heterocycles. The second-order valence-corrected chi connectivity index (χ2v) is 8.13. The van der Waals surface area contributed by atoms with Gasteiger partial charge in [0.25, 0.3) is 5.88 Å². The third-order valence-electron chi connectivity index (χ3n) is 5.82. The molecular weight excluding hydrogens is 417 g/mol. The molecule has 2 saturated carbocycles. The van der Waals surface area contributed by atoms with Gasteiger partial charge in [-0.1, -0.05) is 0 Å². The fraction of sp³-hybridized carbons (Fsp3) is 0.435. The number of hydrogen-bond acceptors (Lipinski definition) is 8. The molecule has 0 aromatic carbocycles. The highest BCUT2D eigenvalue weighted by Crippen LogP contribution is 2.47. The SMILES string of the molecule is COCOc1cc(-c2ccc(OC3CC(F)(c4ccnc(OC5CCC5)c4)C3)nc2)on1. The Kier molecular flexibility index (Phi) is 5.65. The Labute approximate surface area is 184 Å². The van der Waals surface area contributed by atoms with Crippen molar-refractivity contribution < 1.29 is 27.9 Å². The van der Waals surface area contributed by atoms with E-state index in [0.717, 1.165) is 18.4 Å². The van der Waals surface area contributed by atoms with Crippen LogP contribution >= 0.6 is 0 Å². The zero-order chi connectivity index (χ0) is 22.0. The van der Waals surface area contributed by atoms with Gasteiger partial charge in [-0.25, -0.2) is 14.4 Å². The van der Waals surface area contributed by atoms with Crippen LogP contribution in [0.2, 0.25) is 0 Å². The molecule has 0 radical (unpaired) electrons. The van der Waals surface area contributed by atoms with Crippen molar-refractivity contribution in [3.63, 3.8) is 0 Å². The second kappa shape index (κ2) is 8.74. The van der Waals surface area contributed by atoms with E-state index < -0.39 is 5.67 Å². The maximum Gasteiger partial charge on any atom is 0.256 e. The average Bonchev–Trinajstić information content (AvgIpc) is 3.23. The van der Waals surface area contributed by atoms with Crippen molar-refractivity contribution in [1.29, 1.82) is 0 Å². The second-order valence-electron chi connectivity index (χ2n) is 8.13. The molecule has 2 aliphatic carbocycles. The summed E-state index contributed by atoms with van der Waals surface area (Å²) in [5.41, 5.74) is -0.132. The van der Waals surface area contributed by atoms with Gasteiger partial charge >= 0.3 is 0 Å². The van der Waals surface area contributed by atoms with Crippen LogP contribution in [0.25, 0.3) is 11.3 Å². The van der Waals surface area contributed by atoms with Gasteiger partial charge in [0, 0.05) is 56.1 Å². The summed E-state index contributed by atoms with van der Waals surface area (Å²) in [6.07, 6.45) is 6.94. The lowest BCUT2D eigenvalue weighted by molar-refractivity contribution is -0.0488. The Hall–Kier alpha value is -3.20. The molecule has 5 rings (SSSR count). The summed E-state index contributed by atoms with van der Waals surface area (Å²) in [5.74, 6) is 1.77. The van der Waals surface area contributed by atoms with E-state index >= 15 is 4.39 Å². The van der Waals surface area contributed by atoms with Gasteiger partial charge in [-0.3, -0.25) is 0 Å². The molecule has 9 heteroatoms. The summed E-state index contributed by atoms with van der Waals surface area (Å²) >= 11 is 0. The molecular formula is C23H24FN3O5. The first-order chi connectivity index (χ1) is 15.6. The van der Waals surface area contributed by atoms with Crippen LogP contribution in [0.5, 0.6) is 17.6 Å². The third-order valence-corrected chi connectivity index (χ3v) is 5.82. The highest BCUT2D eigenvalue weighted by atomic mass is 19.1. The highest BCUT2D eigenvalue weighted by molar-refractivity contribution is 5.57. The van der Waals surface area contributed by atoms with Gasteiger partial charge in [-0.15, -0.1) is 0 Å². The molecule has 168 valence electrons. The first-order valence-electron chi connectivity index (χ1n) is 10.6. The van der Waals surface area contributed by atoms with Crippen molar-refractivity contribution in [3.8, 4) is 29.0 Å². The van der Waals surface area contributed by atoms with E-state index in [2.05, 4.69) is 15.1 Å². The zero-order valence-electron chi connectivity index (χ0n) is 17.7. The number of aromatic nitrogens is 3. The Balaban J connectivity index is 1.16. The summed E-state index contributed by atoms with van der Waals surface area (Å²) in [6.45, 7) is 0.0861. The highest BCUT2D eigenvalue weighted by Gasteiger charge is 2.48. The minimum atomic E-state index is -1.44. The van der Waals surface area contributed by atoms with Gasteiger partial charge in [-0.2, -0.15) is 0 Å². The van der Waals surface area contributed by atoms with Gasteiger partial charge in [0.2, 0.25) is 11.8 Å². The lowest BCUT2D eigenvalue weighted by atomic mass is 9.74. The van der Waals surface area contributed by atoms with Gasteiger partial charge in [-0.05, 0) is 42.1 Å². The zero-order valence-corrected chi connectivity index (χ0v) is 17.7. The molecule has 2 fully saturated rings. The summed E-state index contributed by atoms with van der Waals surface area (Å²) in [6, 6.07) is 8.60. The summed E-state index contributed by atoms with van der Waals surface area (Å²) < 4.78 is 42.3. The molecule has 0 N–H and O–H groups in total. The van der Waals surface area contributed by atoms with Gasteiger partial charge in [0.05, 0.1) is 0 Å². The van der Waals surface area contributed by atoms with Crippen molar-refractivity contribution in [1.82, 2.24) is 15.1 Å². The maximum absolute atomic E-state index is 15.4. The smallest absolute Gasteiger partial charge is 0.256 e. The molecule has 0 bridgehead atoms. The number of rotatable bonds is 9. The summed E-state index contributed by atoms with van der Waals surface area (Å²) in [7, 11) is 1.53. The van der Waals surface area contributed by atoms with Crippen molar-refractivity contribution in [2.24, 2.45) is 0 Å². The van der Waals surface area contributed by atoms with Crippen LogP contribution in [0, 0.1) is 0 Å². The predicted octanol–water partition coefficient (Wildman–Crippen LogP) is 4.45. The van der Waals surface area contributed by atoms with Crippen LogP contribution < -0.4 is 14.2 Å². The third kappa shape index (κ3) is 4.38. The van der Waals surface area contributed by atoms with E-state index in [1.54, 1.807) is 42.7 Å². The number of pyridine rings is 2. The van der Waals surface area contributed by atoms with E-state index in [0.29, 0.717) is 29.0 Å². The number of ether oxygens (including phenoxy) is 4. The van der Waals surface area contributed by atoms with Crippen molar-refractivity contribution >= 4 is 0 Å². The minimum absolute atomic E-state index is 0.0861. The molecule has 0 unspecified atom stereocenters. The van der Waals surface area contributed by atoms with E-state index in [1.807, 2.05) is 0 Å². The fourth-order valence-electron chi connectivity index (χ4n) is 3.74. The number of halogens is 1. The molecule has 32 heavy (non-hydrogen) atoms. The molecule has 0 atom stereocenters. The number of nitrogens with zero attached hydrogens (tertiary/aromatic N) is 3. The van der Waals surface area contributed by atoms with Gasteiger partial charge < -0.3 is 23.5 Å². The number of methoxy groups -OCH3 is 1. The molecule has 2 aliphatic rings. The lowest BCUT2D eigenvalue weighted by Gasteiger charge is -2.41. The quantitative estimate of drug-likeness (QED) is 0.450.